The number of rotatable bonds is 4. The van der Waals surface area contributed by atoms with Crippen molar-refractivity contribution in [2.45, 2.75) is 44.2 Å². The van der Waals surface area contributed by atoms with Gasteiger partial charge in [0.05, 0.1) is 29.1 Å². The largest absolute Gasteiger partial charge is 0.353 e. The van der Waals surface area contributed by atoms with Crippen molar-refractivity contribution in [1.82, 2.24) is 20.3 Å². The Labute approximate surface area is 165 Å². The van der Waals surface area contributed by atoms with E-state index < -0.39 is 5.41 Å². The number of hydrogen-bond acceptors (Lipinski definition) is 7. The van der Waals surface area contributed by atoms with Crippen molar-refractivity contribution in [2.24, 2.45) is 0 Å². The molecule has 2 fully saturated rings. The molecule has 2 aromatic heterocycles. The molecule has 2 aliphatic rings. The molecule has 8 heteroatoms. The minimum Gasteiger partial charge on any atom is -0.353 e. The van der Waals surface area contributed by atoms with Gasteiger partial charge in [0.1, 0.15) is 5.82 Å². The predicted molar refractivity (Wildman–Crippen MR) is 108 cm³/mol. The zero-order valence-corrected chi connectivity index (χ0v) is 16.3. The minimum absolute atomic E-state index is 0. The molecular formula is C19H24ClN7. The molecule has 0 radical (unpaired) electrons. The van der Waals surface area contributed by atoms with E-state index in [1.807, 2.05) is 32.0 Å². The first-order chi connectivity index (χ1) is 12.5. The van der Waals surface area contributed by atoms with Crippen LogP contribution in [0.5, 0.6) is 0 Å². The van der Waals surface area contributed by atoms with Crippen molar-refractivity contribution in [1.29, 1.82) is 5.26 Å². The second-order valence-electron chi connectivity index (χ2n) is 7.58. The number of nitrogens with one attached hydrogen (secondary N) is 2. The Morgan fingerprint density at radius 2 is 1.93 bits per heavy atom. The van der Waals surface area contributed by atoms with Gasteiger partial charge in [-0.05, 0) is 44.9 Å². The van der Waals surface area contributed by atoms with Crippen LogP contribution in [0.15, 0.2) is 30.6 Å². The molecule has 2 atom stereocenters. The van der Waals surface area contributed by atoms with Crippen LogP contribution in [0.4, 0.5) is 17.5 Å². The van der Waals surface area contributed by atoms with Gasteiger partial charge in [-0.15, -0.1) is 12.4 Å². The van der Waals surface area contributed by atoms with Gasteiger partial charge in [0.15, 0.2) is 0 Å². The third kappa shape index (κ3) is 4.12. The van der Waals surface area contributed by atoms with Gasteiger partial charge in [0.2, 0.25) is 5.95 Å². The molecular weight excluding hydrogens is 362 g/mol. The summed E-state index contributed by atoms with van der Waals surface area (Å²) >= 11 is 0. The lowest BCUT2D eigenvalue weighted by atomic mass is 9.91. The molecule has 0 saturated carbocycles. The first-order valence-corrected chi connectivity index (χ1v) is 9.02. The Morgan fingerprint density at radius 1 is 1.19 bits per heavy atom. The van der Waals surface area contributed by atoms with Gasteiger partial charge in [-0.25, -0.2) is 4.98 Å². The number of halogens is 1. The molecule has 0 aromatic carbocycles. The highest BCUT2D eigenvalue weighted by molar-refractivity contribution is 5.85. The Kier molecular flexibility index (Phi) is 5.49. The molecule has 2 aromatic rings. The maximum absolute atomic E-state index is 9.21. The third-order valence-electron chi connectivity index (χ3n) is 5.12. The molecule has 0 amide bonds. The number of piperazine rings is 1. The summed E-state index contributed by atoms with van der Waals surface area (Å²) in [7, 11) is 0. The standard InChI is InChI=1S/C19H23N7.ClH/c1-19(2,12-20)16-6-5-13(9-22-16)24-18-21-8-7-17(25-18)26-10-14-3-4-15(11-26)23-14;/h5-9,14-15,23H,3-4,10-11H2,1-2H3,(H,21,24,25);1H/t14-,15+;. The molecule has 0 unspecified atom stereocenters. The average molecular weight is 386 g/mol. The maximum Gasteiger partial charge on any atom is 0.229 e. The van der Waals surface area contributed by atoms with Gasteiger partial charge in [-0.2, -0.15) is 10.2 Å². The quantitative estimate of drug-likeness (QED) is 0.836. The van der Waals surface area contributed by atoms with E-state index >= 15 is 0 Å². The van der Waals surface area contributed by atoms with Gasteiger partial charge < -0.3 is 15.5 Å². The molecule has 142 valence electrons. The van der Waals surface area contributed by atoms with E-state index in [1.54, 1.807) is 12.4 Å². The summed E-state index contributed by atoms with van der Waals surface area (Å²) in [5.74, 6) is 1.51. The monoisotopic (exact) mass is 385 g/mol. The summed E-state index contributed by atoms with van der Waals surface area (Å²) in [6.07, 6.45) is 5.99. The fourth-order valence-electron chi connectivity index (χ4n) is 3.59. The maximum atomic E-state index is 9.21. The van der Waals surface area contributed by atoms with Crippen molar-refractivity contribution < 1.29 is 0 Å². The Bertz CT molecular complexity index is 819. The van der Waals surface area contributed by atoms with Crippen LogP contribution in [0.2, 0.25) is 0 Å². The highest BCUT2D eigenvalue weighted by Crippen LogP contribution is 2.25. The van der Waals surface area contributed by atoms with Crippen molar-refractivity contribution in [3.63, 3.8) is 0 Å². The lowest BCUT2D eigenvalue weighted by Crippen LogP contribution is -2.51. The molecule has 7 nitrogen and oxygen atoms in total. The molecule has 2 N–H and O–H groups in total. The van der Waals surface area contributed by atoms with Gasteiger partial charge in [-0.1, -0.05) is 0 Å². The molecule has 27 heavy (non-hydrogen) atoms. The summed E-state index contributed by atoms with van der Waals surface area (Å²) in [6, 6.07) is 9.14. The van der Waals surface area contributed by atoms with Crippen LogP contribution in [-0.2, 0) is 5.41 Å². The van der Waals surface area contributed by atoms with E-state index in [2.05, 4.69) is 36.6 Å². The zero-order chi connectivity index (χ0) is 18.1. The Hall–Kier alpha value is -2.43. The van der Waals surface area contributed by atoms with Crippen LogP contribution >= 0.6 is 12.4 Å². The highest BCUT2D eigenvalue weighted by Gasteiger charge is 2.32. The van der Waals surface area contributed by atoms with E-state index in [0.29, 0.717) is 18.0 Å². The van der Waals surface area contributed by atoms with Gasteiger partial charge >= 0.3 is 0 Å². The van der Waals surface area contributed by atoms with Crippen molar-refractivity contribution in [2.75, 3.05) is 23.3 Å². The lowest BCUT2D eigenvalue weighted by Gasteiger charge is -2.33. The molecule has 4 heterocycles. The fourth-order valence-corrected chi connectivity index (χ4v) is 3.59. The molecule has 0 spiro atoms. The van der Waals surface area contributed by atoms with Crippen LogP contribution in [0.1, 0.15) is 32.4 Å². The summed E-state index contributed by atoms with van der Waals surface area (Å²) in [4.78, 5) is 15.7. The summed E-state index contributed by atoms with van der Waals surface area (Å²) in [5, 5.41) is 16.1. The first kappa shape index (κ1) is 19.3. The van der Waals surface area contributed by atoms with Gasteiger partial charge in [-0.3, -0.25) is 4.98 Å². The summed E-state index contributed by atoms with van der Waals surface area (Å²) in [6.45, 7) is 5.70. The zero-order valence-electron chi connectivity index (χ0n) is 15.5. The SMILES string of the molecule is CC(C)(C#N)c1ccc(Nc2nccc(N3C[C@H]4CC[C@@H](C3)N4)n2)cn1.Cl. The van der Waals surface area contributed by atoms with Crippen LogP contribution in [0.3, 0.4) is 0 Å². The predicted octanol–water partition coefficient (Wildman–Crippen LogP) is 2.78. The second-order valence-corrected chi connectivity index (χ2v) is 7.58. The minimum atomic E-state index is -0.601. The number of anilines is 3. The third-order valence-corrected chi connectivity index (χ3v) is 5.12. The second kappa shape index (κ2) is 7.67. The van der Waals surface area contributed by atoms with Crippen LogP contribution < -0.4 is 15.5 Å². The fraction of sp³-hybridized carbons (Fsp3) is 0.474. The van der Waals surface area contributed by atoms with Gasteiger partial charge in [0, 0.05) is 31.4 Å². The van der Waals surface area contributed by atoms with Crippen LogP contribution in [-0.4, -0.2) is 40.1 Å². The van der Waals surface area contributed by atoms with Crippen molar-refractivity contribution >= 4 is 29.9 Å². The van der Waals surface area contributed by atoms with Crippen LogP contribution in [0, 0.1) is 11.3 Å². The van der Waals surface area contributed by atoms with E-state index in [9.17, 15) is 5.26 Å². The molecule has 0 aliphatic carbocycles. The number of hydrogen-bond donors (Lipinski definition) is 2. The van der Waals surface area contributed by atoms with E-state index in [-0.39, 0.29) is 12.4 Å². The van der Waals surface area contributed by atoms with E-state index in [1.165, 1.54) is 12.8 Å². The number of aromatic nitrogens is 3. The normalized spacial score (nSPS) is 21.3. The van der Waals surface area contributed by atoms with E-state index in [0.717, 1.165) is 30.3 Å². The van der Waals surface area contributed by atoms with Crippen molar-refractivity contribution in [3.05, 3.63) is 36.3 Å². The molecule has 2 aliphatic heterocycles. The Balaban J connectivity index is 0.00000210. The first-order valence-electron chi connectivity index (χ1n) is 9.02. The number of nitrogens with zero attached hydrogens (tertiary/aromatic N) is 5. The number of nitriles is 1. The average Bonchev–Trinajstić information content (AvgIpc) is 3.00. The summed E-state index contributed by atoms with van der Waals surface area (Å²) in [5.41, 5.74) is 0.952. The summed E-state index contributed by atoms with van der Waals surface area (Å²) < 4.78 is 0. The Morgan fingerprint density at radius 3 is 2.56 bits per heavy atom. The van der Waals surface area contributed by atoms with Crippen molar-refractivity contribution in [3.8, 4) is 6.07 Å². The molecule has 4 rings (SSSR count). The number of pyridine rings is 1. The lowest BCUT2D eigenvalue weighted by molar-refractivity contribution is 0.463. The van der Waals surface area contributed by atoms with E-state index in [4.69, 9.17) is 0 Å². The highest BCUT2D eigenvalue weighted by atomic mass is 35.5. The number of fused-ring (bicyclic) bond motifs is 2. The van der Waals surface area contributed by atoms with Gasteiger partial charge in [0.25, 0.3) is 0 Å². The molecule has 2 saturated heterocycles. The molecule has 2 bridgehead atoms. The smallest absolute Gasteiger partial charge is 0.229 e. The van der Waals surface area contributed by atoms with Crippen LogP contribution in [0.25, 0.3) is 0 Å². The topological polar surface area (TPSA) is 89.8 Å².